The van der Waals surface area contributed by atoms with E-state index in [1.807, 2.05) is 30.6 Å². The third kappa shape index (κ3) is 4.69. The van der Waals surface area contributed by atoms with Crippen LogP contribution in [0.25, 0.3) is 10.2 Å². The van der Waals surface area contributed by atoms with Gasteiger partial charge >= 0.3 is 0 Å². The van der Waals surface area contributed by atoms with E-state index in [1.54, 1.807) is 0 Å². The molecule has 1 aliphatic heterocycles. The molecule has 0 aliphatic carbocycles. The summed E-state index contributed by atoms with van der Waals surface area (Å²) in [7, 11) is 2.04. The maximum absolute atomic E-state index is 4.45. The third-order valence-corrected chi connectivity index (χ3v) is 6.75. The first kappa shape index (κ1) is 18.5. The summed E-state index contributed by atoms with van der Waals surface area (Å²) < 4.78 is 0. The molecule has 142 valence electrons. The molecule has 1 saturated heterocycles. The molecular formula is C23H29N3S. The van der Waals surface area contributed by atoms with E-state index in [4.69, 9.17) is 0 Å². The zero-order valence-electron chi connectivity index (χ0n) is 16.2. The van der Waals surface area contributed by atoms with Crippen LogP contribution in [0.5, 0.6) is 0 Å². The van der Waals surface area contributed by atoms with E-state index in [2.05, 4.69) is 51.6 Å². The molecule has 0 radical (unpaired) electrons. The largest absolute Gasteiger partial charge is 0.371 e. The van der Waals surface area contributed by atoms with E-state index in [1.165, 1.54) is 53.9 Å². The summed E-state index contributed by atoms with van der Waals surface area (Å²) in [5.74, 6) is 0.861. The van der Waals surface area contributed by atoms with E-state index in [9.17, 15) is 0 Å². The number of benzene rings is 1. The molecule has 27 heavy (non-hydrogen) atoms. The molecule has 0 saturated carbocycles. The molecule has 0 spiro atoms. The standard InChI is InChI=1S/C23H29N3S/c1-24-13-2-4-19-12-15-26(17-19)21-9-6-18(7-10-21)8-11-22-16-20-5-3-14-25-23(20)27-22/h3,5-7,9-10,14,16,19,24H,2,4,8,11-13,15,17H2,1H3. The molecule has 3 aromatic rings. The fraction of sp³-hybridized carbons (Fsp3) is 0.435. The van der Waals surface area contributed by atoms with Crippen LogP contribution in [-0.2, 0) is 12.8 Å². The van der Waals surface area contributed by atoms with Crippen molar-refractivity contribution in [3.63, 3.8) is 0 Å². The van der Waals surface area contributed by atoms with Crippen molar-refractivity contribution in [2.24, 2.45) is 5.92 Å². The Kier molecular flexibility index (Phi) is 6.05. The second-order valence-electron chi connectivity index (χ2n) is 7.62. The highest BCUT2D eigenvalue weighted by Crippen LogP contribution is 2.28. The van der Waals surface area contributed by atoms with E-state index in [0.717, 1.165) is 30.1 Å². The van der Waals surface area contributed by atoms with Gasteiger partial charge in [-0.3, -0.25) is 0 Å². The molecule has 2 aromatic heterocycles. The predicted molar refractivity (Wildman–Crippen MR) is 117 cm³/mol. The second kappa shape index (κ2) is 8.85. The first-order chi connectivity index (χ1) is 13.3. The number of thiophene rings is 1. The molecule has 1 N–H and O–H groups in total. The molecule has 0 bridgehead atoms. The Morgan fingerprint density at radius 3 is 2.89 bits per heavy atom. The van der Waals surface area contributed by atoms with Crippen LogP contribution in [0.15, 0.2) is 48.7 Å². The number of hydrogen-bond acceptors (Lipinski definition) is 4. The smallest absolute Gasteiger partial charge is 0.123 e. The van der Waals surface area contributed by atoms with Crippen molar-refractivity contribution in [3.8, 4) is 0 Å². The second-order valence-corrected chi connectivity index (χ2v) is 8.74. The van der Waals surface area contributed by atoms with Crippen LogP contribution >= 0.6 is 11.3 Å². The molecular weight excluding hydrogens is 350 g/mol. The Labute approximate surface area is 166 Å². The van der Waals surface area contributed by atoms with Gasteiger partial charge in [-0.05, 0) is 81.4 Å². The van der Waals surface area contributed by atoms with Gasteiger partial charge in [0.05, 0.1) is 0 Å². The van der Waals surface area contributed by atoms with Crippen molar-refractivity contribution < 1.29 is 0 Å². The van der Waals surface area contributed by atoms with Gasteiger partial charge in [-0.15, -0.1) is 11.3 Å². The number of nitrogens with one attached hydrogen (secondary N) is 1. The lowest BCUT2D eigenvalue weighted by Gasteiger charge is -2.19. The first-order valence-corrected chi connectivity index (χ1v) is 11.0. The lowest BCUT2D eigenvalue weighted by molar-refractivity contribution is 0.506. The SMILES string of the molecule is CNCCCC1CCN(c2ccc(CCc3cc4cccnc4s3)cc2)C1. The Hall–Kier alpha value is -1.91. The van der Waals surface area contributed by atoms with Crippen molar-refractivity contribution in [2.75, 3.05) is 31.6 Å². The van der Waals surface area contributed by atoms with Crippen molar-refractivity contribution >= 4 is 27.2 Å². The van der Waals surface area contributed by atoms with Gasteiger partial charge in [0, 0.05) is 35.2 Å². The fourth-order valence-corrected chi connectivity index (χ4v) is 5.06. The number of hydrogen-bond donors (Lipinski definition) is 1. The molecule has 1 atom stereocenters. The summed E-state index contributed by atoms with van der Waals surface area (Å²) in [5, 5.41) is 4.53. The minimum Gasteiger partial charge on any atom is -0.371 e. The highest BCUT2D eigenvalue weighted by Gasteiger charge is 2.22. The van der Waals surface area contributed by atoms with Crippen molar-refractivity contribution in [2.45, 2.75) is 32.1 Å². The molecule has 4 heteroatoms. The molecule has 3 nitrogen and oxygen atoms in total. The fourth-order valence-electron chi connectivity index (χ4n) is 4.06. The van der Waals surface area contributed by atoms with Gasteiger partial charge in [0.1, 0.15) is 4.83 Å². The topological polar surface area (TPSA) is 28.2 Å². The quantitative estimate of drug-likeness (QED) is 0.564. The van der Waals surface area contributed by atoms with E-state index < -0.39 is 0 Å². The summed E-state index contributed by atoms with van der Waals surface area (Å²) in [5.41, 5.74) is 2.81. The number of fused-ring (bicyclic) bond motifs is 1. The monoisotopic (exact) mass is 379 g/mol. The normalized spacial score (nSPS) is 17.1. The highest BCUT2D eigenvalue weighted by atomic mass is 32.1. The van der Waals surface area contributed by atoms with Gasteiger partial charge < -0.3 is 10.2 Å². The van der Waals surface area contributed by atoms with Gasteiger partial charge in [-0.2, -0.15) is 0 Å². The zero-order chi connectivity index (χ0) is 18.5. The van der Waals surface area contributed by atoms with E-state index in [0.29, 0.717) is 0 Å². The number of nitrogens with zero attached hydrogens (tertiary/aromatic N) is 2. The van der Waals surface area contributed by atoms with E-state index in [-0.39, 0.29) is 0 Å². The van der Waals surface area contributed by atoms with Gasteiger partial charge in [-0.1, -0.05) is 18.2 Å². The average molecular weight is 380 g/mol. The molecule has 3 heterocycles. The summed E-state index contributed by atoms with van der Waals surface area (Å²) in [6, 6.07) is 15.7. The number of rotatable bonds is 8. The summed E-state index contributed by atoms with van der Waals surface area (Å²) >= 11 is 1.82. The third-order valence-electron chi connectivity index (χ3n) is 5.63. The van der Waals surface area contributed by atoms with Crippen LogP contribution in [0, 0.1) is 5.92 Å². The van der Waals surface area contributed by atoms with E-state index >= 15 is 0 Å². The van der Waals surface area contributed by atoms with Crippen LogP contribution in [0.4, 0.5) is 5.69 Å². The first-order valence-electron chi connectivity index (χ1n) is 10.1. The summed E-state index contributed by atoms with van der Waals surface area (Å²) in [4.78, 5) is 9.59. The van der Waals surface area contributed by atoms with Gasteiger partial charge in [0.25, 0.3) is 0 Å². The van der Waals surface area contributed by atoms with Crippen LogP contribution in [0.1, 0.15) is 29.7 Å². The number of aryl methyl sites for hydroxylation is 2. The molecule has 1 aromatic carbocycles. The zero-order valence-corrected chi connectivity index (χ0v) is 17.0. The molecule has 0 amide bonds. The summed E-state index contributed by atoms with van der Waals surface area (Å²) in [6.07, 6.45) is 8.05. The Morgan fingerprint density at radius 2 is 2.07 bits per heavy atom. The Bertz CT molecular complexity index is 822. The molecule has 4 rings (SSSR count). The van der Waals surface area contributed by atoms with Crippen LogP contribution < -0.4 is 10.2 Å². The highest BCUT2D eigenvalue weighted by molar-refractivity contribution is 7.18. The molecule has 1 aliphatic rings. The number of aromatic nitrogens is 1. The Morgan fingerprint density at radius 1 is 1.19 bits per heavy atom. The maximum Gasteiger partial charge on any atom is 0.123 e. The van der Waals surface area contributed by atoms with Crippen LogP contribution in [0.2, 0.25) is 0 Å². The van der Waals surface area contributed by atoms with Crippen molar-refractivity contribution in [1.29, 1.82) is 0 Å². The lowest BCUT2D eigenvalue weighted by Crippen LogP contribution is -2.20. The minimum absolute atomic E-state index is 0.861. The van der Waals surface area contributed by atoms with Crippen LogP contribution in [0.3, 0.4) is 0 Å². The molecule has 1 unspecified atom stereocenters. The van der Waals surface area contributed by atoms with Gasteiger partial charge in [-0.25, -0.2) is 4.98 Å². The average Bonchev–Trinajstić information content (AvgIpc) is 3.34. The minimum atomic E-state index is 0.861. The molecule has 1 fully saturated rings. The Balaban J connectivity index is 1.30. The van der Waals surface area contributed by atoms with Crippen molar-refractivity contribution in [1.82, 2.24) is 10.3 Å². The van der Waals surface area contributed by atoms with Crippen molar-refractivity contribution in [3.05, 3.63) is 59.1 Å². The van der Waals surface area contributed by atoms with Gasteiger partial charge in [0.2, 0.25) is 0 Å². The van der Waals surface area contributed by atoms with Crippen LogP contribution in [-0.4, -0.2) is 31.7 Å². The lowest BCUT2D eigenvalue weighted by atomic mass is 10.0. The number of anilines is 1. The summed E-state index contributed by atoms with van der Waals surface area (Å²) in [6.45, 7) is 3.57. The number of pyridine rings is 1. The van der Waals surface area contributed by atoms with Gasteiger partial charge in [0.15, 0.2) is 0 Å². The predicted octanol–water partition coefficient (Wildman–Crippen LogP) is 4.91. The maximum atomic E-state index is 4.45.